The largest absolute Gasteiger partial charge is 0.324 e. The number of nitrogens with one attached hydrogen (secondary N) is 2. The Bertz CT molecular complexity index is 908. The molecular formula is C18H18N6O. The Morgan fingerprint density at radius 3 is 2.64 bits per heavy atom. The highest BCUT2D eigenvalue weighted by Gasteiger charge is 2.09. The number of hydrazine groups is 1. The summed E-state index contributed by atoms with van der Waals surface area (Å²) in [6.45, 7) is 3.87. The van der Waals surface area contributed by atoms with Gasteiger partial charge in [-0.05, 0) is 49.7 Å². The Hall–Kier alpha value is -3.32. The summed E-state index contributed by atoms with van der Waals surface area (Å²) in [4.78, 5) is 24.7. The summed E-state index contributed by atoms with van der Waals surface area (Å²) in [7, 11) is 0. The maximum Gasteiger partial charge on any atom is 0.265 e. The SMILES string of the molecule is Cc1ccc(-c2ccnc(Nc3cc(C(=O)NN)ccc3C)n2)cn1. The molecule has 3 aromatic rings. The minimum atomic E-state index is -0.358. The second-order valence-corrected chi connectivity index (χ2v) is 5.58. The number of pyridine rings is 1. The molecule has 4 N–H and O–H groups in total. The van der Waals surface area contributed by atoms with Gasteiger partial charge in [0, 0.05) is 34.9 Å². The molecule has 0 radical (unpaired) electrons. The minimum Gasteiger partial charge on any atom is -0.324 e. The van der Waals surface area contributed by atoms with Crippen molar-refractivity contribution in [1.82, 2.24) is 20.4 Å². The van der Waals surface area contributed by atoms with Gasteiger partial charge < -0.3 is 5.32 Å². The van der Waals surface area contributed by atoms with E-state index in [9.17, 15) is 4.79 Å². The molecule has 0 saturated carbocycles. The number of hydrogen-bond donors (Lipinski definition) is 3. The van der Waals surface area contributed by atoms with Crippen molar-refractivity contribution in [3.8, 4) is 11.3 Å². The molecule has 0 bridgehead atoms. The molecule has 0 aliphatic rings. The summed E-state index contributed by atoms with van der Waals surface area (Å²) in [6.07, 6.45) is 3.45. The average molecular weight is 334 g/mol. The van der Waals surface area contributed by atoms with Crippen molar-refractivity contribution in [3.63, 3.8) is 0 Å². The Kier molecular flexibility index (Phi) is 4.67. The van der Waals surface area contributed by atoms with Gasteiger partial charge in [-0.2, -0.15) is 0 Å². The number of rotatable bonds is 4. The Morgan fingerprint density at radius 1 is 1.08 bits per heavy atom. The highest BCUT2D eigenvalue weighted by molar-refractivity contribution is 5.95. The average Bonchev–Trinajstić information content (AvgIpc) is 2.64. The molecule has 0 aliphatic heterocycles. The van der Waals surface area contributed by atoms with Crippen LogP contribution in [0.3, 0.4) is 0 Å². The molecule has 0 saturated heterocycles. The van der Waals surface area contributed by atoms with Crippen LogP contribution in [0.4, 0.5) is 11.6 Å². The number of nitrogen functional groups attached to an aromatic ring is 1. The van der Waals surface area contributed by atoms with Crippen LogP contribution in [0.15, 0.2) is 48.8 Å². The zero-order valence-corrected chi connectivity index (χ0v) is 13.9. The van der Waals surface area contributed by atoms with Crippen LogP contribution in [0.25, 0.3) is 11.3 Å². The van der Waals surface area contributed by atoms with Crippen LogP contribution in [0, 0.1) is 13.8 Å². The number of aromatic nitrogens is 3. The topological polar surface area (TPSA) is 106 Å². The lowest BCUT2D eigenvalue weighted by Gasteiger charge is -2.11. The van der Waals surface area contributed by atoms with Crippen LogP contribution in [-0.2, 0) is 0 Å². The quantitative estimate of drug-likeness (QED) is 0.384. The third-order valence-electron chi connectivity index (χ3n) is 3.74. The molecule has 0 spiro atoms. The van der Waals surface area contributed by atoms with E-state index in [0.717, 1.165) is 28.2 Å². The van der Waals surface area contributed by atoms with Crippen LogP contribution in [0.1, 0.15) is 21.6 Å². The van der Waals surface area contributed by atoms with E-state index in [0.29, 0.717) is 11.5 Å². The predicted octanol–water partition coefficient (Wildman–Crippen LogP) is 2.50. The third kappa shape index (κ3) is 3.78. The summed E-state index contributed by atoms with van der Waals surface area (Å²) >= 11 is 0. The van der Waals surface area contributed by atoms with Crippen LogP contribution in [0.5, 0.6) is 0 Å². The Balaban J connectivity index is 1.90. The van der Waals surface area contributed by atoms with Crippen LogP contribution in [-0.4, -0.2) is 20.9 Å². The number of nitrogens with two attached hydrogens (primary N) is 1. The van der Waals surface area contributed by atoms with E-state index in [4.69, 9.17) is 5.84 Å². The van der Waals surface area contributed by atoms with Crippen molar-refractivity contribution >= 4 is 17.5 Å². The smallest absolute Gasteiger partial charge is 0.265 e. The lowest BCUT2D eigenvalue weighted by atomic mass is 10.1. The lowest BCUT2D eigenvalue weighted by molar-refractivity contribution is 0.0953. The fourth-order valence-corrected chi connectivity index (χ4v) is 2.30. The number of anilines is 2. The molecule has 7 heteroatoms. The second kappa shape index (κ2) is 7.06. The number of amides is 1. The Morgan fingerprint density at radius 2 is 1.92 bits per heavy atom. The highest BCUT2D eigenvalue weighted by Crippen LogP contribution is 2.22. The highest BCUT2D eigenvalue weighted by atomic mass is 16.2. The summed E-state index contributed by atoms with van der Waals surface area (Å²) in [6, 6.07) is 11.0. The van der Waals surface area contributed by atoms with E-state index in [2.05, 4.69) is 25.7 Å². The molecule has 2 aromatic heterocycles. The van der Waals surface area contributed by atoms with Gasteiger partial charge in [-0.25, -0.2) is 15.8 Å². The van der Waals surface area contributed by atoms with E-state index in [1.807, 2.05) is 38.1 Å². The van der Waals surface area contributed by atoms with Crippen LogP contribution >= 0.6 is 0 Å². The monoisotopic (exact) mass is 334 g/mol. The molecule has 7 nitrogen and oxygen atoms in total. The number of nitrogens with zero attached hydrogens (tertiary/aromatic N) is 3. The number of carbonyl (C=O) groups excluding carboxylic acids is 1. The molecular weight excluding hydrogens is 316 g/mol. The van der Waals surface area contributed by atoms with Crippen LogP contribution < -0.4 is 16.6 Å². The molecule has 0 fully saturated rings. The standard InChI is InChI=1S/C18H18N6O/c1-11-3-5-13(17(25)24-19)9-16(11)23-18-20-8-7-15(22-18)14-6-4-12(2)21-10-14/h3-10H,19H2,1-2H3,(H,24,25)(H,20,22,23). The van der Waals surface area contributed by atoms with E-state index in [1.54, 1.807) is 24.5 Å². The molecule has 1 aromatic carbocycles. The van der Waals surface area contributed by atoms with Gasteiger partial charge in [0.25, 0.3) is 5.91 Å². The van der Waals surface area contributed by atoms with Crippen molar-refractivity contribution in [3.05, 3.63) is 65.6 Å². The maximum atomic E-state index is 11.7. The van der Waals surface area contributed by atoms with Gasteiger partial charge in [0.05, 0.1) is 5.69 Å². The molecule has 126 valence electrons. The van der Waals surface area contributed by atoms with E-state index in [-0.39, 0.29) is 5.91 Å². The van der Waals surface area contributed by atoms with Crippen molar-refractivity contribution < 1.29 is 4.79 Å². The summed E-state index contributed by atoms with van der Waals surface area (Å²) in [5.41, 5.74) is 6.88. The molecule has 1 amide bonds. The zero-order chi connectivity index (χ0) is 17.8. The first kappa shape index (κ1) is 16.5. The lowest BCUT2D eigenvalue weighted by Crippen LogP contribution is -2.30. The number of aryl methyl sites for hydroxylation is 2. The second-order valence-electron chi connectivity index (χ2n) is 5.58. The van der Waals surface area contributed by atoms with Gasteiger partial charge >= 0.3 is 0 Å². The van der Waals surface area contributed by atoms with Gasteiger partial charge in [0.1, 0.15) is 0 Å². The van der Waals surface area contributed by atoms with Gasteiger partial charge in [-0.1, -0.05) is 6.07 Å². The fraction of sp³-hybridized carbons (Fsp3) is 0.111. The summed E-state index contributed by atoms with van der Waals surface area (Å²) < 4.78 is 0. The normalized spacial score (nSPS) is 10.4. The summed E-state index contributed by atoms with van der Waals surface area (Å²) in [5, 5.41) is 3.15. The predicted molar refractivity (Wildman–Crippen MR) is 96.1 cm³/mol. The summed E-state index contributed by atoms with van der Waals surface area (Å²) in [5.74, 6) is 5.27. The molecule has 0 aliphatic carbocycles. The Labute approximate surface area is 145 Å². The van der Waals surface area contributed by atoms with Gasteiger partial charge in [0.15, 0.2) is 0 Å². The van der Waals surface area contributed by atoms with Gasteiger partial charge in [-0.15, -0.1) is 0 Å². The van der Waals surface area contributed by atoms with Gasteiger partial charge in [-0.3, -0.25) is 15.2 Å². The minimum absolute atomic E-state index is 0.358. The van der Waals surface area contributed by atoms with E-state index >= 15 is 0 Å². The van der Waals surface area contributed by atoms with Crippen molar-refractivity contribution in [2.24, 2.45) is 5.84 Å². The molecule has 0 unspecified atom stereocenters. The van der Waals surface area contributed by atoms with E-state index in [1.165, 1.54) is 0 Å². The van der Waals surface area contributed by atoms with Gasteiger partial charge in [0.2, 0.25) is 5.95 Å². The fourth-order valence-electron chi connectivity index (χ4n) is 2.30. The number of benzene rings is 1. The van der Waals surface area contributed by atoms with Crippen LogP contribution in [0.2, 0.25) is 0 Å². The molecule has 25 heavy (non-hydrogen) atoms. The maximum absolute atomic E-state index is 11.7. The number of hydrogen-bond acceptors (Lipinski definition) is 6. The first-order valence-electron chi connectivity index (χ1n) is 7.71. The van der Waals surface area contributed by atoms with Crippen molar-refractivity contribution in [1.29, 1.82) is 0 Å². The van der Waals surface area contributed by atoms with Crippen molar-refractivity contribution in [2.45, 2.75) is 13.8 Å². The van der Waals surface area contributed by atoms with Crippen molar-refractivity contribution in [2.75, 3.05) is 5.32 Å². The first-order valence-corrected chi connectivity index (χ1v) is 7.71. The van der Waals surface area contributed by atoms with E-state index < -0.39 is 0 Å². The third-order valence-corrected chi connectivity index (χ3v) is 3.74. The molecule has 2 heterocycles. The number of carbonyl (C=O) groups is 1. The first-order chi connectivity index (χ1) is 12.1. The zero-order valence-electron chi connectivity index (χ0n) is 13.9. The molecule has 0 atom stereocenters. The molecule has 3 rings (SSSR count).